The molecule has 146 valence electrons. The lowest BCUT2D eigenvalue weighted by molar-refractivity contribution is -0.385. The standard InChI is InChI=1S/C21H17N3O5/c25-19-12-11-15(13-18(19)24(28)29)14-22-23-20(26)21(27,16-7-3-1-4-8-16)17-9-5-2-6-10-17/h1-14,25,27H,(H,23,26)/b22-14+. The van der Waals surface area contributed by atoms with Crippen molar-refractivity contribution in [2.24, 2.45) is 5.10 Å². The number of phenols is 1. The van der Waals surface area contributed by atoms with Crippen LogP contribution in [0.5, 0.6) is 5.75 Å². The van der Waals surface area contributed by atoms with E-state index in [0.29, 0.717) is 11.1 Å². The number of hydrogen-bond donors (Lipinski definition) is 3. The molecular formula is C21H17N3O5. The number of carbonyl (C=O) groups is 1. The zero-order chi connectivity index (χ0) is 20.9. The third-order valence-electron chi connectivity index (χ3n) is 4.29. The van der Waals surface area contributed by atoms with Gasteiger partial charge in [-0.05, 0) is 23.3 Å². The second kappa shape index (κ2) is 8.32. The monoisotopic (exact) mass is 391 g/mol. The van der Waals surface area contributed by atoms with E-state index in [4.69, 9.17) is 0 Å². The van der Waals surface area contributed by atoms with Crippen molar-refractivity contribution in [2.45, 2.75) is 5.60 Å². The van der Waals surface area contributed by atoms with E-state index in [1.807, 2.05) is 0 Å². The number of nitrogens with one attached hydrogen (secondary N) is 1. The highest BCUT2D eigenvalue weighted by Crippen LogP contribution is 2.30. The fourth-order valence-corrected chi connectivity index (χ4v) is 2.80. The van der Waals surface area contributed by atoms with Crippen LogP contribution in [0.2, 0.25) is 0 Å². The average molecular weight is 391 g/mol. The topological polar surface area (TPSA) is 125 Å². The SMILES string of the molecule is O=C(N/N=C/c1ccc(O)c([N+](=O)[O-])c1)C(O)(c1ccccc1)c1ccccc1. The summed E-state index contributed by atoms with van der Waals surface area (Å²) in [7, 11) is 0. The van der Waals surface area contributed by atoms with Crippen LogP contribution in [-0.2, 0) is 10.4 Å². The molecule has 0 fully saturated rings. The molecule has 8 nitrogen and oxygen atoms in total. The number of amides is 1. The van der Waals surface area contributed by atoms with Crippen LogP contribution in [0.3, 0.4) is 0 Å². The first-order valence-corrected chi connectivity index (χ1v) is 8.57. The maximum absolute atomic E-state index is 12.9. The molecule has 3 N–H and O–H groups in total. The van der Waals surface area contributed by atoms with Crippen molar-refractivity contribution >= 4 is 17.8 Å². The Morgan fingerprint density at radius 2 is 1.55 bits per heavy atom. The first-order valence-electron chi connectivity index (χ1n) is 8.57. The highest BCUT2D eigenvalue weighted by Gasteiger charge is 2.39. The predicted molar refractivity (Wildman–Crippen MR) is 106 cm³/mol. The molecule has 0 spiro atoms. The summed E-state index contributed by atoms with van der Waals surface area (Å²) < 4.78 is 0. The molecule has 0 aromatic heterocycles. The molecule has 0 bridgehead atoms. The van der Waals surface area contributed by atoms with Crippen LogP contribution < -0.4 is 5.43 Å². The third-order valence-corrected chi connectivity index (χ3v) is 4.29. The van der Waals surface area contributed by atoms with E-state index in [1.165, 1.54) is 12.3 Å². The molecule has 3 rings (SSSR count). The number of aromatic hydroxyl groups is 1. The molecule has 0 unspecified atom stereocenters. The summed E-state index contributed by atoms with van der Waals surface area (Å²) in [4.78, 5) is 23.0. The van der Waals surface area contributed by atoms with Crippen molar-refractivity contribution in [3.05, 3.63) is 106 Å². The van der Waals surface area contributed by atoms with E-state index >= 15 is 0 Å². The first-order chi connectivity index (χ1) is 13.9. The Labute approximate surface area is 165 Å². The van der Waals surface area contributed by atoms with Gasteiger partial charge in [0.25, 0.3) is 5.91 Å². The molecule has 3 aromatic carbocycles. The molecule has 0 saturated carbocycles. The normalized spacial score (nSPS) is 11.3. The Balaban J connectivity index is 1.88. The van der Waals surface area contributed by atoms with E-state index in [2.05, 4.69) is 10.5 Å². The highest BCUT2D eigenvalue weighted by molar-refractivity contribution is 5.91. The number of nitrogens with zero attached hydrogens (tertiary/aromatic N) is 2. The van der Waals surface area contributed by atoms with Crippen LogP contribution in [0, 0.1) is 10.1 Å². The van der Waals surface area contributed by atoms with Crippen molar-refractivity contribution in [1.82, 2.24) is 5.43 Å². The van der Waals surface area contributed by atoms with Gasteiger partial charge >= 0.3 is 5.69 Å². The summed E-state index contributed by atoms with van der Waals surface area (Å²) in [5.41, 5.74) is 0.824. The van der Waals surface area contributed by atoms with E-state index in [-0.39, 0.29) is 5.56 Å². The summed E-state index contributed by atoms with van der Waals surface area (Å²) in [6.07, 6.45) is 1.18. The molecule has 3 aromatic rings. The molecule has 0 atom stereocenters. The number of hydrogen-bond acceptors (Lipinski definition) is 6. The van der Waals surface area contributed by atoms with Gasteiger partial charge in [0.2, 0.25) is 0 Å². The minimum Gasteiger partial charge on any atom is -0.502 e. The van der Waals surface area contributed by atoms with Gasteiger partial charge in [0.15, 0.2) is 11.4 Å². The lowest BCUT2D eigenvalue weighted by Gasteiger charge is -2.27. The minimum absolute atomic E-state index is 0.290. The van der Waals surface area contributed by atoms with Gasteiger partial charge in [0, 0.05) is 11.6 Å². The molecule has 0 aliphatic rings. The van der Waals surface area contributed by atoms with Gasteiger partial charge in [-0.25, -0.2) is 5.43 Å². The summed E-state index contributed by atoms with van der Waals surface area (Å²) in [5.74, 6) is -1.27. The number of carbonyl (C=O) groups excluding carboxylic acids is 1. The third kappa shape index (κ3) is 4.12. The number of nitro groups is 1. The zero-order valence-corrected chi connectivity index (χ0v) is 15.1. The van der Waals surface area contributed by atoms with Gasteiger partial charge < -0.3 is 10.2 Å². The van der Waals surface area contributed by atoms with Crippen molar-refractivity contribution in [2.75, 3.05) is 0 Å². The molecule has 0 aliphatic carbocycles. The van der Waals surface area contributed by atoms with Crippen LogP contribution in [0.25, 0.3) is 0 Å². The lowest BCUT2D eigenvalue weighted by Crippen LogP contribution is -2.43. The van der Waals surface area contributed by atoms with Gasteiger partial charge in [-0.1, -0.05) is 60.7 Å². The number of benzene rings is 3. The molecule has 8 heteroatoms. The Bertz CT molecular complexity index is 1010. The summed E-state index contributed by atoms with van der Waals surface area (Å²) in [6, 6.07) is 20.5. The number of rotatable bonds is 6. The van der Waals surface area contributed by atoms with Gasteiger partial charge in [0.05, 0.1) is 11.1 Å². The Morgan fingerprint density at radius 3 is 2.07 bits per heavy atom. The summed E-state index contributed by atoms with van der Waals surface area (Å²) in [6.45, 7) is 0. The maximum Gasteiger partial charge on any atom is 0.311 e. The number of aliphatic hydroxyl groups is 1. The quantitative estimate of drug-likeness (QED) is 0.338. The van der Waals surface area contributed by atoms with E-state index in [1.54, 1.807) is 60.7 Å². The van der Waals surface area contributed by atoms with Crippen LogP contribution in [-0.4, -0.2) is 27.3 Å². The molecule has 0 heterocycles. The second-order valence-electron chi connectivity index (χ2n) is 6.15. The molecule has 0 aliphatic heterocycles. The van der Waals surface area contributed by atoms with Gasteiger partial charge in [-0.15, -0.1) is 0 Å². The lowest BCUT2D eigenvalue weighted by atomic mass is 9.85. The van der Waals surface area contributed by atoms with Crippen LogP contribution in [0.15, 0.2) is 84.0 Å². The fourth-order valence-electron chi connectivity index (χ4n) is 2.80. The van der Waals surface area contributed by atoms with Crippen LogP contribution in [0.1, 0.15) is 16.7 Å². The van der Waals surface area contributed by atoms with E-state index in [0.717, 1.165) is 12.1 Å². The maximum atomic E-state index is 12.9. The Hall–Kier alpha value is -4.04. The Morgan fingerprint density at radius 1 is 1.00 bits per heavy atom. The van der Waals surface area contributed by atoms with Gasteiger partial charge in [-0.2, -0.15) is 5.10 Å². The molecule has 29 heavy (non-hydrogen) atoms. The predicted octanol–water partition coefficient (Wildman–Crippen LogP) is 2.69. The highest BCUT2D eigenvalue weighted by atomic mass is 16.6. The summed E-state index contributed by atoms with van der Waals surface area (Å²) in [5, 5.41) is 35.5. The molecular weight excluding hydrogens is 374 g/mol. The van der Waals surface area contributed by atoms with Crippen molar-refractivity contribution in [1.29, 1.82) is 0 Å². The number of hydrazone groups is 1. The van der Waals surface area contributed by atoms with Crippen molar-refractivity contribution < 1.29 is 19.9 Å². The van der Waals surface area contributed by atoms with E-state index in [9.17, 15) is 25.1 Å². The molecule has 0 radical (unpaired) electrons. The molecule has 0 saturated heterocycles. The zero-order valence-electron chi connectivity index (χ0n) is 15.1. The smallest absolute Gasteiger partial charge is 0.311 e. The van der Waals surface area contributed by atoms with Crippen LogP contribution in [0.4, 0.5) is 5.69 Å². The minimum atomic E-state index is -1.99. The Kier molecular flexibility index (Phi) is 5.66. The summed E-state index contributed by atoms with van der Waals surface area (Å²) >= 11 is 0. The van der Waals surface area contributed by atoms with Gasteiger partial charge in [-0.3, -0.25) is 14.9 Å². The molecule has 1 amide bonds. The fraction of sp³-hybridized carbons (Fsp3) is 0.0476. The van der Waals surface area contributed by atoms with Crippen LogP contribution >= 0.6 is 0 Å². The van der Waals surface area contributed by atoms with Crippen molar-refractivity contribution in [3.8, 4) is 5.75 Å². The second-order valence-corrected chi connectivity index (χ2v) is 6.15. The number of nitro benzene ring substituents is 1. The largest absolute Gasteiger partial charge is 0.502 e. The van der Waals surface area contributed by atoms with E-state index < -0.39 is 27.9 Å². The number of phenolic OH excluding ortho intramolecular Hbond substituents is 1. The van der Waals surface area contributed by atoms with Crippen molar-refractivity contribution in [3.63, 3.8) is 0 Å². The first kappa shape index (κ1) is 19.7. The van der Waals surface area contributed by atoms with Gasteiger partial charge in [0.1, 0.15) is 0 Å². The average Bonchev–Trinajstić information content (AvgIpc) is 2.75.